The predicted octanol–water partition coefficient (Wildman–Crippen LogP) is 6.08. The summed E-state index contributed by atoms with van der Waals surface area (Å²) >= 11 is 0. The molecular formula is C27H39NO4. The standard InChI is InChI=1S/C27H39NO4/c1-19(2)14-27(29,15-20(3)4)26-10-9-23(32-26)18-28(16-21(5)6)17-22-11-24(30-7)13-25(12-22)31-8/h9-15,21,29H,16-18H2,1-8H3. The average molecular weight is 442 g/mol. The normalized spacial score (nSPS) is 11.6. The molecule has 176 valence electrons. The van der Waals surface area contributed by atoms with E-state index >= 15 is 0 Å². The Morgan fingerprint density at radius 3 is 2.00 bits per heavy atom. The van der Waals surface area contributed by atoms with Crippen LogP contribution in [0.4, 0.5) is 0 Å². The van der Waals surface area contributed by atoms with E-state index in [1.807, 2.05) is 70.2 Å². The summed E-state index contributed by atoms with van der Waals surface area (Å²) in [5, 5.41) is 11.3. The molecule has 1 heterocycles. The van der Waals surface area contributed by atoms with Crippen molar-refractivity contribution in [2.45, 2.75) is 60.2 Å². The van der Waals surface area contributed by atoms with Gasteiger partial charge in [0, 0.05) is 19.2 Å². The van der Waals surface area contributed by atoms with Crippen LogP contribution in [0.2, 0.25) is 0 Å². The highest BCUT2D eigenvalue weighted by Crippen LogP contribution is 2.30. The number of furan rings is 1. The maximum Gasteiger partial charge on any atom is 0.159 e. The van der Waals surface area contributed by atoms with Gasteiger partial charge in [-0.3, -0.25) is 4.90 Å². The number of aliphatic hydroxyl groups is 1. The van der Waals surface area contributed by atoms with Gasteiger partial charge in [-0.1, -0.05) is 25.0 Å². The Hall–Kier alpha value is -2.50. The SMILES string of the molecule is COc1cc(CN(Cc2ccc(C(O)(C=C(C)C)C=C(C)C)o2)CC(C)C)cc(OC)c1. The van der Waals surface area contributed by atoms with Crippen LogP contribution in [0, 0.1) is 5.92 Å². The van der Waals surface area contributed by atoms with E-state index in [0.717, 1.165) is 47.1 Å². The minimum atomic E-state index is -1.25. The summed E-state index contributed by atoms with van der Waals surface area (Å²) in [6.45, 7) is 14.6. The maximum atomic E-state index is 11.3. The first-order chi connectivity index (χ1) is 15.0. The van der Waals surface area contributed by atoms with Crippen LogP contribution in [0.3, 0.4) is 0 Å². The number of hydrogen-bond donors (Lipinski definition) is 1. The fraction of sp³-hybridized carbons (Fsp3) is 0.481. The molecule has 5 nitrogen and oxygen atoms in total. The highest BCUT2D eigenvalue weighted by Gasteiger charge is 2.28. The van der Waals surface area contributed by atoms with Gasteiger partial charge >= 0.3 is 0 Å². The van der Waals surface area contributed by atoms with E-state index in [1.165, 1.54) is 0 Å². The van der Waals surface area contributed by atoms with Gasteiger partial charge in [-0.2, -0.15) is 0 Å². The molecule has 1 N–H and O–H groups in total. The first-order valence-corrected chi connectivity index (χ1v) is 11.1. The molecular weight excluding hydrogens is 402 g/mol. The molecule has 0 unspecified atom stereocenters. The summed E-state index contributed by atoms with van der Waals surface area (Å²) in [5.74, 6) is 3.39. The van der Waals surface area contributed by atoms with E-state index < -0.39 is 5.60 Å². The predicted molar refractivity (Wildman–Crippen MR) is 130 cm³/mol. The molecule has 0 atom stereocenters. The van der Waals surface area contributed by atoms with E-state index in [0.29, 0.717) is 18.2 Å². The van der Waals surface area contributed by atoms with E-state index in [1.54, 1.807) is 14.2 Å². The van der Waals surface area contributed by atoms with Crippen molar-refractivity contribution in [2.75, 3.05) is 20.8 Å². The van der Waals surface area contributed by atoms with Gasteiger partial charge in [-0.25, -0.2) is 0 Å². The van der Waals surface area contributed by atoms with Crippen molar-refractivity contribution in [1.82, 2.24) is 4.90 Å². The van der Waals surface area contributed by atoms with Crippen molar-refractivity contribution in [3.63, 3.8) is 0 Å². The van der Waals surface area contributed by atoms with Crippen molar-refractivity contribution < 1.29 is 19.0 Å². The highest BCUT2D eigenvalue weighted by molar-refractivity contribution is 5.38. The fourth-order valence-corrected chi connectivity index (χ4v) is 3.88. The highest BCUT2D eigenvalue weighted by atomic mass is 16.5. The molecule has 0 saturated heterocycles. The summed E-state index contributed by atoms with van der Waals surface area (Å²) in [7, 11) is 3.32. The first kappa shape index (κ1) is 25.8. The van der Waals surface area contributed by atoms with Gasteiger partial charge in [0.05, 0.1) is 20.8 Å². The zero-order valence-electron chi connectivity index (χ0n) is 20.9. The number of ether oxygens (including phenoxy) is 2. The van der Waals surface area contributed by atoms with Crippen molar-refractivity contribution in [3.8, 4) is 11.5 Å². The van der Waals surface area contributed by atoms with Gasteiger partial charge in [0.2, 0.25) is 0 Å². The van der Waals surface area contributed by atoms with Crippen molar-refractivity contribution in [2.24, 2.45) is 5.92 Å². The van der Waals surface area contributed by atoms with Crippen LogP contribution >= 0.6 is 0 Å². The molecule has 0 aliphatic carbocycles. The Morgan fingerprint density at radius 1 is 0.969 bits per heavy atom. The zero-order chi connectivity index (χ0) is 23.9. The third-order valence-electron chi connectivity index (χ3n) is 4.89. The third kappa shape index (κ3) is 7.57. The van der Waals surface area contributed by atoms with Crippen LogP contribution in [0.25, 0.3) is 0 Å². The number of hydrogen-bond acceptors (Lipinski definition) is 5. The lowest BCUT2D eigenvalue weighted by Gasteiger charge is -2.24. The van der Waals surface area contributed by atoms with Gasteiger partial charge < -0.3 is 19.0 Å². The van der Waals surface area contributed by atoms with Crippen molar-refractivity contribution in [3.05, 3.63) is 70.7 Å². The second-order valence-corrected chi connectivity index (χ2v) is 9.32. The Labute approximate surface area is 193 Å². The Kier molecular flexibility index (Phi) is 9.17. The molecule has 0 radical (unpaired) electrons. The van der Waals surface area contributed by atoms with Gasteiger partial charge in [0.25, 0.3) is 0 Å². The minimum absolute atomic E-state index is 0.491. The minimum Gasteiger partial charge on any atom is -0.497 e. The molecule has 5 heteroatoms. The average Bonchev–Trinajstić information content (AvgIpc) is 3.15. The van der Waals surface area contributed by atoms with Crippen LogP contribution in [-0.2, 0) is 18.7 Å². The number of benzene rings is 1. The number of nitrogens with zero attached hydrogens (tertiary/aromatic N) is 1. The third-order valence-corrected chi connectivity index (χ3v) is 4.89. The van der Waals surface area contributed by atoms with Crippen LogP contribution in [-0.4, -0.2) is 30.8 Å². The lowest BCUT2D eigenvalue weighted by Crippen LogP contribution is -2.27. The molecule has 2 rings (SSSR count). The largest absolute Gasteiger partial charge is 0.497 e. The Bertz CT molecular complexity index is 891. The Morgan fingerprint density at radius 2 is 1.53 bits per heavy atom. The summed E-state index contributed by atoms with van der Waals surface area (Å²) < 4.78 is 17.0. The van der Waals surface area contributed by atoms with Crippen LogP contribution in [0.15, 0.2) is 58.0 Å². The van der Waals surface area contributed by atoms with Crippen molar-refractivity contribution >= 4 is 0 Å². The molecule has 0 amide bonds. The molecule has 0 spiro atoms. The van der Waals surface area contributed by atoms with E-state index in [2.05, 4.69) is 18.7 Å². The summed E-state index contributed by atoms with van der Waals surface area (Å²) in [6, 6.07) is 9.77. The number of allylic oxidation sites excluding steroid dienone is 2. The monoisotopic (exact) mass is 441 g/mol. The summed E-state index contributed by atoms with van der Waals surface area (Å²) in [4.78, 5) is 2.34. The molecule has 0 bridgehead atoms. The topological polar surface area (TPSA) is 55.1 Å². The molecule has 1 aromatic carbocycles. The van der Waals surface area contributed by atoms with Gasteiger partial charge in [-0.05, 0) is 75.6 Å². The van der Waals surface area contributed by atoms with Gasteiger partial charge in [-0.15, -0.1) is 0 Å². The molecule has 0 aliphatic rings. The van der Waals surface area contributed by atoms with E-state index in [9.17, 15) is 5.11 Å². The Balaban J connectivity index is 2.30. The molecule has 1 aromatic heterocycles. The molecule has 32 heavy (non-hydrogen) atoms. The van der Waals surface area contributed by atoms with Crippen LogP contribution in [0.1, 0.15) is 58.6 Å². The second kappa shape index (κ2) is 11.4. The molecule has 0 saturated carbocycles. The summed E-state index contributed by atoms with van der Waals surface area (Å²) in [6.07, 6.45) is 3.66. The molecule has 2 aromatic rings. The quantitative estimate of drug-likeness (QED) is 0.429. The number of methoxy groups -OCH3 is 2. The van der Waals surface area contributed by atoms with Crippen molar-refractivity contribution in [1.29, 1.82) is 0 Å². The van der Waals surface area contributed by atoms with Gasteiger partial charge in [0.1, 0.15) is 23.0 Å². The first-order valence-electron chi connectivity index (χ1n) is 11.1. The van der Waals surface area contributed by atoms with E-state index in [4.69, 9.17) is 13.9 Å². The fourth-order valence-electron chi connectivity index (χ4n) is 3.88. The number of rotatable bonds is 11. The zero-order valence-corrected chi connectivity index (χ0v) is 20.9. The van der Waals surface area contributed by atoms with Crippen LogP contribution < -0.4 is 9.47 Å². The van der Waals surface area contributed by atoms with E-state index in [-0.39, 0.29) is 0 Å². The van der Waals surface area contributed by atoms with Crippen LogP contribution in [0.5, 0.6) is 11.5 Å². The molecule has 0 fully saturated rings. The lowest BCUT2D eigenvalue weighted by atomic mass is 9.95. The smallest absolute Gasteiger partial charge is 0.159 e. The van der Waals surface area contributed by atoms with Gasteiger partial charge in [0.15, 0.2) is 5.60 Å². The molecule has 0 aliphatic heterocycles. The maximum absolute atomic E-state index is 11.3. The second-order valence-electron chi connectivity index (χ2n) is 9.32. The lowest BCUT2D eigenvalue weighted by molar-refractivity contribution is 0.109. The summed E-state index contributed by atoms with van der Waals surface area (Å²) in [5.41, 5.74) is 1.91.